The molecule has 2 aromatic carbocycles. The number of benzene rings is 2. The van der Waals surface area contributed by atoms with Crippen molar-refractivity contribution >= 4 is 5.97 Å². The first-order valence-corrected chi connectivity index (χ1v) is 7.46. The molecule has 2 atom stereocenters. The molecular weight excluding hydrogens is 292 g/mol. The Hall–Kier alpha value is -2.59. The molecule has 23 heavy (non-hydrogen) atoms. The Labute approximate surface area is 135 Å². The van der Waals surface area contributed by atoms with E-state index in [2.05, 4.69) is 0 Å². The highest BCUT2D eigenvalue weighted by atomic mass is 16.5. The van der Waals surface area contributed by atoms with Gasteiger partial charge in [-0.15, -0.1) is 0 Å². The van der Waals surface area contributed by atoms with E-state index in [1.807, 2.05) is 60.7 Å². The zero-order valence-electron chi connectivity index (χ0n) is 12.8. The number of ether oxygens (including phenoxy) is 2. The lowest BCUT2D eigenvalue weighted by Crippen LogP contribution is -2.25. The SMILES string of the molecule is COC(=O)C1=C(O)C[C@H](c2ccccc2)O[C@H]1c1ccccc1. The Balaban J connectivity index is 2.02. The maximum Gasteiger partial charge on any atom is 0.340 e. The smallest absolute Gasteiger partial charge is 0.340 e. The van der Waals surface area contributed by atoms with Crippen LogP contribution in [0.5, 0.6) is 0 Å². The lowest BCUT2D eigenvalue weighted by atomic mass is 9.93. The zero-order chi connectivity index (χ0) is 16.2. The van der Waals surface area contributed by atoms with Gasteiger partial charge in [0.1, 0.15) is 17.4 Å². The van der Waals surface area contributed by atoms with Crippen molar-refractivity contribution in [2.75, 3.05) is 7.11 Å². The Morgan fingerprint density at radius 1 is 1.04 bits per heavy atom. The first-order valence-electron chi connectivity index (χ1n) is 7.46. The van der Waals surface area contributed by atoms with Gasteiger partial charge in [-0.25, -0.2) is 4.79 Å². The van der Waals surface area contributed by atoms with E-state index in [-0.39, 0.29) is 23.9 Å². The summed E-state index contributed by atoms with van der Waals surface area (Å²) in [6.07, 6.45) is -0.713. The third-order valence-corrected chi connectivity index (χ3v) is 3.93. The Morgan fingerprint density at radius 2 is 1.61 bits per heavy atom. The van der Waals surface area contributed by atoms with Crippen molar-refractivity contribution in [3.63, 3.8) is 0 Å². The minimum Gasteiger partial charge on any atom is -0.512 e. The molecule has 1 heterocycles. The Kier molecular flexibility index (Phi) is 4.44. The Morgan fingerprint density at radius 3 is 2.17 bits per heavy atom. The van der Waals surface area contributed by atoms with Gasteiger partial charge in [0.2, 0.25) is 0 Å². The van der Waals surface area contributed by atoms with E-state index >= 15 is 0 Å². The minimum atomic E-state index is -0.650. The van der Waals surface area contributed by atoms with E-state index in [9.17, 15) is 9.90 Å². The average Bonchev–Trinajstić information content (AvgIpc) is 2.62. The quantitative estimate of drug-likeness (QED) is 0.874. The molecular formula is C19H18O4. The molecule has 118 valence electrons. The highest BCUT2D eigenvalue weighted by molar-refractivity contribution is 5.90. The van der Waals surface area contributed by atoms with Gasteiger partial charge in [0.25, 0.3) is 0 Å². The fourth-order valence-electron chi connectivity index (χ4n) is 2.79. The van der Waals surface area contributed by atoms with Gasteiger partial charge in [-0.05, 0) is 11.1 Å². The molecule has 0 unspecified atom stereocenters. The van der Waals surface area contributed by atoms with Crippen LogP contribution < -0.4 is 0 Å². The molecule has 0 bridgehead atoms. The van der Waals surface area contributed by atoms with Crippen LogP contribution in [0.2, 0.25) is 0 Å². The van der Waals surface area contributed by atoms with E-state index in [4.69, 9.17) is 9.47 Å². The summed E-state index contributed by atoms with van der Waals surface area (Å²) >= 11 is 0. The van der Waals surface area contributed by atoms with Gasteiger partial charge in [-0.1, -0.05) is 60.7 Å². The first kappa shape index (κ1) is 15.3. The fourth-order valence-corrected chi connectivity index (χ4v) is 2.79. The summed E-state index contributed by atoms with van der Waals surface area (Å²) < 4.78 is 11.0. The van der Waals surface area contributed by atoms with Gasteiger partial charge in [0.05, 0.1) is 13.2 Å². The molecule has 0 radical (unpaired) electrons. The van der Waals surface area contributed by atoms with Crippen LogP contribution in [0.1, 0.15) is 29.8 Å². The molecule has 1 N–H and O–H groups in total. The van der Waals surface area contributed by atoms with Gasteiger partial charge in [-0.2, -0.15) is 0 Å². The third-order valence-electron chi connectivity index (χ3n) is 3.93. The van der Waals surface area contributed by atoms with Crippen LogP contribution in [-0.2, 0) is 14.3 Å². The Bertz CT molecular complexity index is 707. The molecule has 0 spiro atoms. The predicted molar refractivity (Wildman–Crippen MR) is 85.7 cm³/mol. The van der Waals surface area contributed by atoms with Crippen molar-refractivity contribution in [2.45, 2.75) is 18.6 Å². The molecule has 1 aliphatic heterocycles. The van der Waals surface area contributed by atoms with Crippen molar-refractivity contribution in [1.29, 1.82) is 0 Å². The average molecular weight is 310 g/mol. The highest BCUT2D eigenvalue weighted by Crippen LogP contribution is 2.41. The molecule has 0 saturated carbocycles. The van der Waals surface area contributed by atoms with Gasteiger partial charge in [0, 0.05) is 6.42 Å². The number of esters is 1. The van der Waals surface area contributed by atoms with Crippen LogP contribution in [0.25, 0.3) is 0 Å². The number of aliphatic hydroxyl groups excluding tert-OH is 1. The number of rotatable bonds is 3. The minimum absolute atomic E-state index is 0.0193. The van der Waals surface area contributed by atoms with E-state index in [1.54, 1.807) is 0 Å². The summed E-state index contributed by atoms with van der Waals surface area (Å²) in [6.45, 7) is 0. The zero-order valence-corrected chi connectivity index (χ0v) is 12.8. The van der Waals surface area contributed by atoms with Gasteiger partial charge in [-0.3, -0.25) is 0 Å². The lowest BCUT2D eigenvalue weighted by molar-refractivity contribution is -0.140. The van der Waals surface area contributed by atoms with Crippen molar-refractivity contribution in [3.8, 4) is 0 Å². The molecule has 1 aliphatic rings. The molecule has 4 nitrogen and oxygen atoms in total. The normalized spacial score (nSPS) is 21.1. The van der Waals surface area contributed by atoms with Gasteiger partial charge in [0.15, 0.2) is 0 Å². The molecule has 0 aromatic heterocycles. The van der Waals surface area contributed by atoms with Crippen molar-refractivity contribution < 1.29 is 19.4 Å². The summed E-state index contributed by atoms with van der Waals surface area (Å²) in [5.41, 5.74) is 1.94. The summed E-state index contributed by atoms with van der Waals surface area (Å²) in [4.78, 5) is 12.1. The van der Waals surface area contributed by atoms with Gasteiger partial charge >= 0.3 is 5.97 Å². The maximum atomic E-state index is 12.1. The largest absolute Gasteiger partial charge is 0.512 e. The van der Waals surface area contributed by atoms with Crippen LogP contribution in [0, 0.1) is 0 Å². The summed E-state index contributed by atoms with van der Waals surface area (Å²) in [7, 11) is 1.30. The molecule has 0 aliphatic carbocycles. The second-order valence-corrected chi connectivity index (χ2v) is 5.38. The highest BCUT2D eigenvalue weighted by Gasteiger charge is 2.36. The standard InChI is InChI=1S/C19H18O4/c1-22-19(21)17-15(20)12-16(13-8-4-2-5-9-13)23-18(17)14-10-6-3-7-11-14/h2-11,16,18,20H,12H2,1H3/t16-,18+/m1/s1. The number of hydrogen-bond donors (Lipinski definition) is 1. The van der Waals surface area contributed by atoms with E-state index in [0.29, 0.717) is 0 Å². The van der Waals surface area contributed by atoms with E-state index < -0.39 is 12.1 Å². The first-order chi connectivity index (χ1) is 11.2. The topological polar surface area (TPSA) is 55.8 Å². The van der Waals surface area contributed by atoms with Crippen molar-refractivity contribution in [3.05, 3.63) is 83.1 Å². The van der Waals surface area contributed by atoms with Crippen LogP contribution in [0.15, 0.2) is 72.0 Å². The summed E-state index contributed by atoms with van der Waals surface area (Å²) in [5.74, 6) is -0.548. The molecule has 0 amide bonds. The number of carbonyl (C=O) groups excluding carboxylic acids is 1. The summed E-state index contributed by atoms with van der Waals surface area (Å²) in [5, 5.41) is 10.4. The molecule has 4 heteroatoms. The lowest BCUT2D eigenvalue weighted by Gasteiger charge is -2.31. The third kappa shape index (κ3) is 3.12. The molecule has 2 aromatic rings. The van der Waals surface area contributed by atoms with Crippen LogP contribution in [0.3, 0.4) is 0 Å². The predicted octanol–water partition coefficient (Wildman–Crippen LogP) is 3.87. The summed E-state index contributed by atoms with van der Waals surface area (Å²) in [6, 6.07) is 19.0. The number of carbonyl (C=O) groups is 1. The van der Waals surface area contributed by atoms with E-state index in [1.165, 1.54) is 7.11 Å². The number of hydrogen-bond acceptors (Lipinski definition) is 4. The maximum absolute atomic E-state index is 12.1. The number of aliphatic hydroxyl groups is 1. The van der Waals surface area contributed by atoms with Crippen molar-refractivity contribution in [1.82, 2.24) is 0 Å². The van der Waals surface area contributed by atoms with Crippen molar-refractivity contribution in [2.24, 2.45) is 0 Å². The monoisotopic (exact) mass is 310 g/mol. The van der Waals surface area contributed by atoms with Crippen LogP contribution >= 0.6 is 0 Å². The van der Waals surface area contributed by atoms with Crippen LogP contribution in [-0.4, -0.2) is 18.2 Å². The second-order valence-electron chi connectivity index (χ2n) is 5.38. The number of methoxy groups -OCH3 is 1. The molecule has 0 fully saturated rings. The fraction of sp³-hybridized carbons (Fsp3) is 0.211. The van der Waals surface area contributed by atoms with Crippen LogP contribution in [0.4, 0.5) is 0 Å². The second kappa shape index (κ2) is 6.67. The molecule has 0 saturated heterocycles. The molecule has 3 rings (SSSR count). The van der Waals surface area contributed by atoms with Gasteiger partial charge < -0.3 is 14.6 Å². The van der Waals surface area contributed by atoms with E-state index in [0.717, 1.165) is 11.1 Å².